The Morgan fingerprint density at radius 2 is 2.27 bits per heavy atom. The minimum absolute atomic E-state index is 0.745. The number of nitrogens with zero attached hydrogens (tertiary/aromatic N) is 2. The fourth-order valence-corrected chi connectivity index (χ4v) is 2.57. The largest absolute Gasteiger partial charge is 0.385 e. The second kappa shape index (κ2) is 5.80. The standard InChI is InChI=1S/C11H23N3O/c1-15-8-2-4-13-6-7-14-5-3-12-9-11(14)10-13/h11-12H,2-10H2,1H3. The molecule has 2 aliphatic heterocycles. The van der Waals surface area contributed by atoms with E-state index in [9.17, 15) is 0 Å². The highest BCUT2D eigenvalue weighted by Crippen LogP contribution is 2.11. The molecule has 0 radical (unpaired) electrons. The van der Waals surface area contributed by atoms with Crippen LogP contribution in [0.2, 0.25) is 0 Å². The van der Waals surface area contributed by atoms with E-state index in [-0.39, 0.29) is 0 Å². The molecule has 0 amide bonds. The normalized spacial score (nSPS) is 29.0. The number of methoxy groups -OCH3 is 1. The molecule has 0 spiro atoms. The van der Waals surface area contributed by atoms with Crippen LogP contribution in [0.3, 0.4) is 0 Å². The summed E-state index contributed by atoms with van der Waals surface area (Å²) in [6.07, 6.45) is 1.16. The molecule has 88 valence electrons. The van der Waals surface area contributed by atoms with Crippen LogP contribution >= 0.6 is 0 Å². The molecule has 0 aliphatic carbocycles. The monoisotopic (exact) mass is 213 g/mol. The summed E-state index contributed by atoms with van der Waals surface area (Å²) in [7, 11) is 1.78. The summed E-state index contributed by atoms with van der Waals surface area (Å²) in [4.78, 5) is 5.20. The molecule has 2 fully saturated rings. The maximum Gasteiger partial charge on any atom is 0.0474 e. The van der Waals surface area contributed by atoms with Gasteiger partial charge in [-0.25, -0.2) is 0 Å². The minimum atomic E-state index is 0.745. The van der Waals surface area contributed by atoms with Crippen LogP contribution < -0.4 is 5.32 Å². The molecule has 0 aromatic heterocycles. The van der Waals surface area contributed by atoms with Crippen LogP contribution in [0.25, 0.3) is 0 Å². The molecule has 4 nitrogen and oxygen atoms in total. The lowest BCUT2D eigenvalue weighted by molar-refractivity contribution is 0.0531. The van der Waals surface area contributed by atoms with E-state index >= 15 is 0 Å². The van der Waals surface area contributed by atoms with E-state index in [1.165, 1.54) is 45.8 Å². The van der Waals surface area contributed by atoms with Crippen molar-refractivity contribution in [2.45, 2.75) is 12.5 Å². The lowest BCUT2D eigenvalue weighted by Crippen LogP contribution is -2.61. The molecular formula is C11H23N3O. The first-order chi connectivity index (χ1) is 7.40. The van der Waals surface area contributed by atoms with Gasteiger partial charge < -0.3 is 15.0 Å². The van der Waals surface area contributed by atoms with Crippen LogP contribution in [0, 0.1) is 0 Å². The van der Waals surface area contributed by atoms with Gasteiger partial charge in [0.15, 0.2) is 0 Å². The summed E-state index contributed by atoms with van der Waals surface area (Å²) in [6.45, 7) is 9.37. The minimum Gasteiger partial charge on any atom is -0.385 e. The molecule has 0 saturated carbocycles. The van der Waals surface area contributed by atoms with Crippen LogP contribution in [0.5, 0.6) is 0 Å². The van der Waals surface area contributed by atoms with Gasteiger partial charge in [0, 0.05) is 65.6 Å². The van der Waals surface area contributed by atoms with Gasteiger partial charge in [-0.1, -0.05) is 0 Å². The number of hydrogen-bond donors (Lipinski definition) is 1. The van der Waals surface area contributed by atoms with E-state index in [1.807, 2.05) is 0 Å². The first-order valence-corrected chi connectivity index (χ1v) is 6.06. The van der Waals surface area contributed by atoms with Crippen molar-refractivity contribution in [2.24, 2.45) is 0 Å². The smallest absolute Gasteiger partial charge is 0.0474 e. The molecule has 0 aromatic rings. The lowest BCUT2D eigenvalue weighted by Gasteiger charge is -2.44. The molecule has 2 rings (SSSR count). The van der Waals surface area contributed by atoms with Crippen molar-refractivity contribution in [1.29, 1.82) is 0 Å². The third-order valence-electron chi connectivity index (χ3n) is 3.47. The van der Waals surface area contributed by atoms with Gasteiger partial charge in [-0.3, -0.25) is 4.90 Å². The average Bonchev–Trinajstić information content (AvgIpc) is 2.29. The van der Waals surface area contributed by atoms with Gasteiger partial charge in [0.2, 0.25) is 0 Å². The summed E-state index contributed by atoms with van der Waals surface area (Å²) < 4.78 is 5.09. The number of nitrogens with one attached hydrogen (secondary N) is 1. The van der Waals surface area contributed by atoms with Gasteiger partial charge in [-0.2, -0.15) is 0 Å². The van der Waals surface area contributed by atoms with Crippen molar-refractivity contribution in [3.05, 3.63) is 0 Å². The van der Waals surface area contributed by atoms with Gasteiger partial charge in [-0.15, -0.1) is 0 Å². The molecule has 15 heavy (non-hydrogen) atoms. The van der Waals surface area contributed by atoms with Crippen molar-refractivity contribution in [3.8, 4) is 0 Å². The Morgan fingerprint density at radius 3 is 3.13 bits per heavy atom. The zero-order chi connectivity index (χ0) is 10.5. The fourth-order valence-electron chi connectivity index (χ4n) is 2.57. The van der Waals surface area contributed by atoms with Crippen LogP contribution in [0.15, 0.2) is 0 Å². The third kappa shape index (κ3) is 3.14. The third-order valence-corrected chi connectivity index (χ3v) is 3.47. The molecular weight excluding hydrogens is 190 g/mol. The Balaban J connectivity index is 1.71. The number of hydrogen-bond acceptors (Lipinski definition) is 4. The number of rotatable bonds is 4. The molecule has 0 bridgehead atoms. The molecule has 1 atom stereocenters. The van der Waals surface area contributed by atoms with Gasteiger partial charge in [0.05, 0.1) is 0 Å². The van der Waals surface area contributed by atoms with Crippen LogP contribution in [0.4, 0.5) is 0 Å². The van der Waals surface area contributed by atoms with E-state index in [1.54, 1.807) is 7.11 Å². The molecule has 2 aliphatic rings. The predicted octanol–water partition coefficient (Wildman–Crippen LogP) is -0.388. The predicted molar refractivity (Wildman–Crippen MR) is 61.2 cm³/mol. The fraction of sp³-hybridized carbons (Fsp3) is 1.00. The Bertz CT molecular complexity index is 187. The Hall–Kier alpha value is -0.160. The zero-order valence-corrected chi connectivity index (χ0v) is 9.74. The van der Waals surface area contributed by atoms with E-state index in [4.69, 9.17) is 4.74 Å². The second-order valence-corrected chi connectivity index (χ2v) is 4.54. The first-order valence-electron chi connectivity index (χ1n) is 6.06. The summed E-state index contributed by atoms with van der Waals surface area (Å²) in [5.74, 6) is 0. The van der Waals surface area contributed by atoms with Crippen molar-refractivity contribution in [2.75, 3.05) is 59.5 Å². The summed E-state index contributed by atoms with van der Waals surface area (Å²) in [5, 5.41) is 3.48. The van der Waals surface area contributed by atoms with Crippen LogP contribution in [0.1, 0.15) is 6.42 Å². The number of fused-ring (bicyclic) bond motifs is 1. The highest BCUT2D eigenvalue weighted by Gasteiger charge is 2.28. The maximum atomic E-state index is 5.09. The Labute approximate surface area is 92.6 Å². The highest BCUT2D eigenvalue weighted by atomic mass is 16.5. The lowest BCUT2D eigenvalue weighted by atomic mass is 10.1. The molecule has 2 saturated heterocycles. The van der Waals surface area contributed by atoms with Gasteiger partial charge in [0.1, 0.15) is 0 Å². The number of ether oxygens (including phenoxy) is 1. The second-order valence-electron chi connectivity index (χ2n) is 4.54. The topological polar surface area (TPSA) is 27.7 Å². The Morgan fingerprint density at radius 1 is 1.33 bits per heavy atom. The molecule has 2 heterocycles. The molecule has 1 unspecified atom stereocenters. The Kier molecular flexibility index (Phi) is 4.38. The molecule has 0 aromatic carbocycles. The van der Waals surface area contributed by atoms with Crippen molar-refractivity contribution >= 4 is 0 Å². The first kappa shape index (κ1) is 11.3. The van der Waals surface area contributed by atoms with Crippen molar-refractivity contribution < 1.29 is 4.74 Å². The molecule has 4 heteroatoms. The van der Waals surface area contributed by atoms with E-state index in [0.717, 1.165) is 19.1 Å². The zero-order valence-electron chi connectivity index (χ0n) is 9.74. The highest BCUT2D eigenvalue weighted by molar-refractivity contribution is 4.86. The number of piperazine rings is 2. The van der Waals surface area contributed by atoms with Gasteiger partial charge >= 0.3 is 0 Å². The summed E-state index contributed by atoms with van der Waals surface area (Å²) in [6, 6.07) is 0.745. The summed E-state index contributed by atoms with van der Waals surface area (Å²) in [5.41, 5.74) is 0. The van der Waals surface area contributed by atoms with Gasteiger partial charge in [-0.05, 0) is 6.42 Å². The van der Waals surface area contributed by atoms with E-state index in [2.05, 4.69) is 15.1 Å². The quantitative estimate of drug-likeness (QED) is 0.644. The van der Waals surface area contributed by atoms with E-state index in [0.29, 0.717) is 0 Å². The maximum absolute atomic E-state index is 5.09. The van der Waals surface area contributed by atoms with Crippen LogP contribution in [-0.2, 0) is 4.74 Å². The van der Waals surface area contributed by atoms with E-state index < -0.39 is 0 Å². The van der Waals surface area contributed by atoms with Crippen molar-refractivity contribution in [1.82, 2.24) is 15.1 Å². The van der Waals surface area contributed by atoms with Gasteiger partial charge in [0.25, 0.3) is 0 Å². The molecule has 1 N–H and O–H groups in total. The van der Waals surface area contributed by atoms with Crippen molar-refractivity contribution in [3.63, 3.8) is 0 Å². The average molecular weight is 213 g/mol. The SMILES string of the molecule is COCCCN1CCN2CCNCC2C1. The summed E-state index contributed by atoms with van der Waals surface area (Å²) >= 11 is 0. The van der Waals surface area contributed by atoms with Crippen LogP contribution in [-0.4, -0.2) is 75.4 Å².